The van der Waals surface area contributed by atoms with E-state index in [2.05, 4.69) is 0 Å². The molecule has 0 spiro atoms. The van der Waals surface area contributed by atoms with E-state index < -0.39 is 48.6 Å². The Morgan fingerprint density at radius 1 is 1.33 bits per heavy atom. The number of aliphatic carboxylic acids is 1. The number of nitrogens with two attached hydrogens (primary N) is 2. The van der Waals surface area contributed by atoms with E-state index in [1.807, 2.05) is 0 Å². The first-order valence-electron chi connectivity index (χ1n) is 6.79. The molecule has 1 heterocycles. The third kappa shape index (κ3) is 4.10. The predicted molar refractivity (Wildman–Crippen MR) is 71.0 cm³/mol. The third-order valence-electron chi connectivity index (χ3n) is 3.76. The summed E-state index contributed by atoms with van der Waals surface area (Å²) >= 11 is 0. The number of hydrogen-bond acceptors (Lipinski definition) is 8. The van der Waals surface area contributed by atoms with Crippen LogP contribution in [0.1, 0.15) is 25.7 Å². The van der Waals surface area contributed by atoms with E-state index in [1.165, 1.54) is 0 Å². The molecule has 0 aliphatic carbocycles. The summed E-state index contributed by atoms with van der Waals surface area (Å²) in [6.45, 7) is -0.0583. The van der Waals surface area contributed by atoms with Gasteiger partial charge in [0.1, 0.15) is 23.9 Å². The second-order valence-corrected chi connectivity index (χ2v) is 5.54. The van der Waals surface area contributed by atoms with Gasteiger partial charge in [-0.2, -0.15) is 0 Å². The summed E-state index contributed by atoms with van der Waals surface area (Å²) in [5.74, 6) is -3.70. The van der Waals surface area contributed by atoms with E-state index >= 15 is 0 Å². The molecule has 0 aromatic heterocycles. The van der Waals surface area contributed by atoms with Crippen LogP contribution in [-0.2, 0) is 9.53 Å². The number of aliphatic hydroxyl groups is 4. The molecule has 5 atom stereocenters. The monoisotopic (exact) mass is 308 g/mol. The lowest BCUT2D eigenvalue weighted by molar-refractivity contribution is -0.327. The summed E-state index contributed by atoms with van der Waals surface area (Å²) < 4.78 is 4.94. The summed E-state index contributed by atoms with van der Waals surface area (Å²) in [6, 6.07) is 0. The molecule has 21 heavy (non-hydrogen) atoms. The van der Waals surface area contributed by atoms with Gasteiger partial charge in [0.25, 0.3) is 0 Å². The summed E-state index contributed by atoms with van der Waals surface area (Å²) in [5.41, 5.74) is 9.30. The summed E-state index contributed by atoms with van der Waals surface area (Å²) in [7, 11) is 0. The zero-order valence-corrected chi connectivity index (χ0v) is 11.7. The van der Waals surface area contributed by atoms with Gasteiger partial charge < -0.3 is 41.7 Å². The molecule has 0 bridgehead atoms. The van der Waals surface area contributed by atoms with Crippen LogP contribution in [0.5, 0.6) is 0 Å². The second-order valence-electron chi connectivity index (χ2n) is 5.54. The van der Waals surface area contributed by atoms with Crippen LogP contribution >= 0.6 is 0 Å². The molecule has 1 rings (SSSR count). The van der Waals surface area contributed by atoms with E-state index in [-0.39, 0.29) is 6.42 Å². The van der Waals surface area contributed by atoms with Gasteiger partial charge >= 0.3 is 5.97 Å². The number of carbonyl (C=O) groups is 1. The van der Waals surface area contributed by atoms with Gasteiger partial charge in [-0.05, 0) is 25.8 Å². The zero-order chi connectivity index (χ0) is 16.3. The maximum Gasteiger partial charge on any atom is 0.323 e. The van der Waals surface area contributed by atoms with Gasteiger partial charge in [-0.25, -0.2) is 0 Å². The Hall–Kier alpha value is -0.810. The van der Waals surface area contributed by atoms with E-state index in [0.29, 0.717) is 19.4 Å². The molecule has 9 heteroatoms. The van der Waals surface area contributed by atoms with Crippen molar-refractivity contribution in [1.29, 1.82) is 0 Å². The summed E-state index contributed by atoms with van der Waals surface area (Å²) in [4.78, 5) is 11.4. The van der Waals surface area contributed by atoms with Crippen molar-refractivity contribution >= 4 is 5.97 Å². The Labute approximate surface area is 122 Å². The Bertz CT molecular complexity index is 370. The maximum atomic E-state index is 11.4. The van der Waals surface area contributed by atoms with E-state index in [4.69, 9.17) is 16.2 Å². The number of rotatable bonds is 7. The van der Waals surface area contributed by atoms with Crippen LogP contribution < -0.4 is 11.5 Å². The molecule has 1 aliphatic rings. The van der Waals surface area contributed by atoms with E-state index in [1.54, 1.807) is 0 Å². The molecule has 4 unspecified atom stereocenters. The van der Waals surface area contributed by atoms with Crippen molar-refractivity contribution in [3.8, 4) is 0 Å². The molecule has 124 valence electrons. The number of unbranched alkanes of at least 4 members (excludes halogenated alkanes) is 1. The first kappa shape index (κ1) is 18.2. The van der Waals surface area contributed by atoms with Crippen LogP contribution in [0.25, 0.3) is 0 Å². The number of ether oxygens (including phenoxy) is 1. The van der Waals surface area contributed by atoms with Crippen molar-refractivity contribution in [2.45, 2.75) is 55.3 Å². The van der Waals surface area contributed by atoms with Crippen molar-refractivity contribution < 1.29 is 35.1 Å². The van der Waals surface area contributed by atoms with E-state index in [9.17, 15) is 30.3 Å². The highest BCUT2D eigenvalue weighted by atomic mass is 16.6. The number of carboxylic acid groups (broad SMARTS) is 1. The molecule has 0 aromatic rings. The molecule has 0 saturated carbocycles. The average molecular weight is 308 g/mol. The quantitative estimate of drug-likeness (QED) is 0.243. The first-order valence-corrected chi connectivity index (χ1v) is 6.79. The molecule has 1 fully saturated rings. The van der Waals surface area contributed by atoms with Crippen molar-refractivity contribution in [2.75, 3.05) is 13.2 Å². The van der Waals surface area contributed by atoms with Crippen LogP contribution in [0.4, 0.5) is 0 Å². The summed E-state index contributed by atoms with van der Waals surface area (Å²) in [5, 5.41) is 48.3. The van der Waals surface area contributed by atoms with Crippen LogP contribution in [0.2, 0.25) is 0 Å². The average Bonchev–Trinajstić information content (AvgIpc) is 2.41. The van der Waals surface area contributed by atoms with Crippen molar-refractivity contribution in [3.05, 3.63) is 0 Å². The highest BCUT2D eigenvalue weighted by molar-refractivity contribution is 5.78. The molecule has 1 aliphatic heterocycles. The lowest BCUT2D eigenvalue weighted by Gasteiger charge is -2.44. The van der Waals surface area contributed by atoms with Gasteiger partial charge in [0, 0.05) is 6.42 Å². The maximum absolute atomic E-state index is 11.4. The molecular formula is C12H24N2O7. The molecule has 0 radical (unpaired) electrons. The van der Waals surface area contributed by atoms with Crippen LogP contribution in [-0.4, -0.2) is 74.3 Å². The topological polar surface area (TPSA) is 179 Å². The van der Waals surface area contributed by atoms with Gasteiger partial charge in [-0.15, -0.1) is 0 Å². The molecule has 9 N–H and O–H groups in total. The van der Waals surface area contributed by atoms with Gasteiger partial charge in [-0.3, -0.25) is 4.79 Å². The Kier molecular flexibility index (Phi) is 6.05. The van der Waals surface area contributed by atoms with Gasteiger partial charge in [0.05, 0.1) is 6.61 Å². The SMILES string of the molecule is NCCCC[C@@](N)(CC1(O)OCC(O)C(O)C1O)C(=O)O. The van der Waals surface area contributed by atoms with Gasteiger partial charge in [-0.1, -0.05) is 0 Å². The Morgan fingerprint density at radius 3 is 2.48 bits per heavy atom. The molecule has 9 nitrogen and oxygen atoms in total. The molecule has 0 amide bonds. The molecule has 1 saturated heterocycles. The normalized spacial score (nSPS) is 36.2. The number of aliphatic hydroxyl groups excluding tert-OH is 3. The smallest absolute Gasteiger partial charge is 0.323 e. The Morgan fingerprint density at radius 2 is 1.95 bits per heavy atom. The predicted octanol–water partition coefficient (Wildman–Crippen LogP) is -2.91. The van der Waals surface area contributed by atoms with Gasteiger partial charge in [0.15, 0.2) is 5.79 Å². The number of carboxylic acids is 1. The van der Waals surface area contributed by atoms with Crippen molar-refractivity contribution in [1.82, 2.24) is 0 Å². The van der Waals surface area contributed by atoms with Crippen LogP contribution in [0, 0.1) is 0 Å². The van der Waals surface area contributed by atoms with Crippen molar-refractivity contribution in [3.63, 3.8) is 0 Å². The first-order chi connectivity index (χ1) is 9.66. The highest BCUT2D eigenvalue weighted by Gasteiger charge is 2.53. The highest BCUT2D eigenvalue weighted by Crippen LogP contribution is 2.32. The second kappa shape index (κ2) is 6.97. The van der Waals surface area contributed by atoms with Crippen LogP contribution in [0.15, 0.2) is 0 Å². The summed E-state index contributed by atoms with van der Waals surface area (Å²) in [6.07, 6.45) is -4.48. The third-order valence-corrected chi connectivity index (χ3v) is 3.76. The zero-order valence-electron chi connectivity index (χ0n) is 11.7. The minimum absolute atomic E-state index is 0.0244. The molecule has 0 aromatic carbocycles. The fourth-order valence-electron chi connectivity index (χ4n) is 2.35. The Balaban J connectivity index is 2.84. The largest absolute Gasteiger partial charge is 0.480 e. The minimum atomic E-state index is -2.34. The fourth-order valence-corrected chi connectivity index (χ4v) is 2.35. The standard InChI is InChI=1S/C12H24N2O7/c13-4-2-1-3-11(14,10(18)19)6-12(20)9(17)8(16)7(15)5-21-12/h7-9,15-17,20H,1-6,13-14H2,(H,18,19)/t7?,8?,9?,11-,12?/m1/s1. The lowest BCUT2D eigenvalue weighted by Crippen LogP contribution is -2.65. The van der Waals surface area contributed by atoms with Gasteiger partial charge in [0.2, 0.25) is 0 Å². The molecular weight excluding hydrogens is 284 g/mol. The fraction of sp³-hybridized carbons (Fsp3) is 0.917. The van der Waals surface area contributed by atoms with Crippen molar-refractivity contribution in [2.24, 2.45) is 11.5 Å². The number of hydrogen-bond donors (Lipinski definition) is 7. The minimum Gasteiger partial charge on any atom is -0.480 e. The lowest BCUT2D eigenvalue weighted by atomic mass is 9.82. The van der Waals surface area contributed by atoms with Crippen LogP contribution in [0.3, 0.4) is 0 Å². The van der Waals surface area contributed by atoms with E-state index in [0.717, 1.165) is 0 Å².